The first kappa shape index (κ1) is 13.8. The lowest BCUT2D eigenvalue weighted by atomic mass is 9.92. The van der Waals surface area contributed by atoms with Gasteiger partial charge in [-0.2, -0.15) is 0 Å². The molecule has 0 heterocycles. The largest absolute Gasteiger partial charge is 0.469 e. The summed E-state index contributed by atoms with van der Waals surface area (Å²) in [7, 11) is 0.990. The van der Waals surface area contributed by atoms with Crippen LogP contribution in [0.25, 0.3) is 0 Å². The van der Waals surface area contributed by atoms with Crippen molar-refractivity contribution >= 4 is 5.97 Å². The van der Waals surface area contributed by atoms with E-state index in [0.717, 1.165) is 7.11 Å². The minimum absolute atomic E-state index is 0.458. The Morgan fingerprint density at radius 3 is 1.79 bits per heavy atom. The van der Waals surface area contributed by atoms with Gasteiger partial charge in [0.2, 0.25) is 5.82 Å². The first-order valence-electron chi connectivity index (χ1n) is 5.49. The van der Waals surface area contributed by atoms with Crippen LogP contribution in [0.1, 0.15) is 24.3 Å². The smallest absolute Gasteiger partial charge is 0.313 e. The molecule has 0 spiro atoms. The average molecular weight is 280 g/mol. The molecule has 0 saturated heterocycles. The van der Waals surface area contributed by atoms with E-state index in [1.165, 1.54) is 0 Å². The summed E-state index contributed by atoms with van der Waals surface area (Å²) < 4.78 is 70.7. The van der Waals surface area contributed by atoms with E-state index in [4.69, 9.17) is 0 Å². The summed E-state index contributed by atoms with van der Waals surface area (Å²) in [5, 5.41) is 0. The fourth-order valence-electron chi connectivity index (χ4n) is 2.00. The molecule has 0 aromatic heterocycles. The lowest BCUT2D eigenvalue weighted by molar-refractivity contribution is -0.143. The number of benzene rings is 1. The van der Waals surface area contributed by atoms with Crippen LogP contribution in [0.3, 0.4) is 0 Å². The van der Waals surface area contributed by atoms with Gasteiger partial charge in [-0.15, -0.1) is 0 Å². The van der Waals surface area contributed by atoms with Crippen molar-refractivity contribution in [2.45, 2.75) is 18.8 Å². The van der Waals surface area contributed by atoms with Gasteiger partial charge in [0.15, 0.2) is 23.3 Å². The van der Waals surface area contributed by atoms with E-state index < -0.39 is 52.5 Å². The molecule has 0 bridgehead atoms. The van der Waals surface area contributed by atoms with Gasteiger partial charge in [0.05, 0.1) is 13.0 Å². The first-order valence-corrected chi connectivity index (χ1v) is 5.49. The van der Waals surface area contributed by atoms with Crippen LogP contribution in [0.5, 0.6) is 0 Å². The van der Waals surface area contributed by atoms with Crippen molar-refractivity contribution in [3.8, 4) is 0 Å². The Hall–Kier alpha value is -1.66. The van der Waals surface area contributed by atoms with Crippen molar-refractivity contribution in [3.63, 3.8) is 0 Å². The molecule has 0 N–H and O–H groups in total. The van der Waals surface area contributed by atoms with E-state index in [-0.39, 0.29) is 0 Å². The number of carbonyl (C=O) groups excluding carboxylic acids is 1. The highest BCUT2D eigenvalue weighted by atomic mass is 19.2. The zero-order valence-corrected chi connectivity index (χ0v) is 9.78. The predicted molar refractivity (Wildman–Crippen MR) is 53.7 cm³/mol. The summed E-state index contributed by atoms with van der Waals surface area (Å²) >= 11 is 0. The Balaban J connectivity index is 2.63. The second kappa shape index (κ2) is 4.79. The molecule has 1 fully saturated rings. The van der Waals surface area contributed by atoms with Gasteiger partial charge in [0, 0.05) is 5.56 Å². The molecule has 0 aliphatic heterocycles. The quantitative estimate of drug-likeness (QED) is 0.368. The van der Waals surface area contributed by atoms with E-state index in [0.29, 0.717) is 12.8 Å². The van der Waals surface area contributed by atoms with Gasteiger partial charge in [0.1, 0.15) is 0 Å². The minimum atomic E-state index is -2.24. The molecule has 2 rings (SSSR count). The van der Waals surface area contributed by atoms with Gasteiger partial charge in [-0.3, -0.25) is 4.79 Å². The van der Waals surface area contributed by atoms with Crippen molar-refractivity contribution < 1.29 is 31.5 Å². The molecule has 0 amide bonds. The molecule has 1 aromatic carbocycles. The summed E-state index contributed by atoms with van der Waals surface area (Å²) in [6, 6.07) is 0. The Labute approximate surface area is 105 Å². The van der Waals surface area contributed by atoms with Gasteiger partial charge in [-0.05, 0) is 18.8 Å². The maximum Gasteiger partial charge on any atom is 0.313 e. The minimum Gasteiger partial charge on any atom is -0.469 e. The van der Waals surface area contributed by atoms with Crippen molar-refractivity contribution in [2.24, 2.45) is 5.92 Å². The van der Waals surface area contributed by atoms with Crippen LogP contribution in [-0.4, -0.2) is 13.1 Å². The molecule has 0 radical (unpaired) electrons. The number of esters is 1. The number of carbonyl (C=O) groups is 1. The Morgan fingerprint density at radius 1 is 1.00 bits per heavy atom. The highest BCUT2D eigenvalue weighted by molar-refractivity contribution is 5.79. The molecule has 1 aromatic rings. The molecule has 2 nitrogen and oxygen atoms in total. The zero-order chi connectivity index (χ0) is 14.3. The number of rotatable bonds is 3. The van der Waals surface area contributed by atoms with Crippen molar-refractivity contribution in [1.29, 1.82) is 0 Å². The third-order valence-corrected chi connectivity index (χ3v) is 3.10. The number of hydrogen-bond donors (Lipinski definition) is 0. The molecule has 1 saturated carbocycles. The van der Waals surface area contributed by atoms with Crippen molar-refractivity contribution in [3.05, 3.63) is 34.6 Å². The third kappa shape index (κ3) is 2.17. The van der Waals surface area contributed by atoms with E-state index in [2.05, 4.69) is 4.74 Å². The molecular formula is C12H9F5O2. The number of ether oxygens (including phenoxy) is 1. The lowest BCUT2D eigenvalue weighted by Gasteiger charge is -2.16. The molecule has 19 heavy (non-hydrogen) atoms. The van der Waals surface area contributed by atoms with Gasteiger partial charge < -0.3 is 4.74 Å². The maximum absolute atomic E-state index is 13.6. The fraction of sp³-hybridized carbons (Fsp3) is 0.417. The van der Waals surface area contributed by atoms with Gasteiger partial charge in [0.25, 0.3) is 0 Å². The van der Waals surface area contributed by atoms with Crippen LogP contribution >= 0.6 is 0 Å². The van der Waals surface area contributed by atoms with Gasteiger partial charge in [-0.1, -0.05) is 0 Å². The van der Waals surface area contributed by atoms with E-state index in [1.807, 2.05) is 0 Å². The maximum atomic E-state index is 13.6. The van der Waals surface area contributed by atoms with Gasteiger partial charge in [-0.25, -0.2) is 22.0 Å². The van der Waals surface area contributed by atoms with Crippen molar-refractivity contribution in [2.75, 3.05) is 7.11 Å². The first-order chi connectivity index (χ1) is 8.90. The number of halogens is 5. The summed E-state index contributed by atoms with van der Waals surface area (Å²) in [6.45, 7) is 0. The lowest BCUT2D eigenvalue weighted by Crippen LogP contribution is -2.21. The molecule has 1 unspecified atom stereocenters. The zero-order valence-electron chi connectivity index (χ0n) is 9.78. The Kier molecular flexibility index (Phi) is 3.47. The highest BCUT2D eigenvalue weighted by Crippen LogP contribution is 2.45. The van der Waals surface area contributed by atoms with Crippen LogP contribution < -0.4 is 0 Å². The summed E-state index contributed by atoms with van der Waals surface area (Å²) in [5.74, 6) is -13.2. The fourth-order valence-corrected chi connectivity index (χ4v) is 2.00. The topological polar surface area (TPSA) is 26.3 Å². The predicted octanol–water partition coefficient (Wildman–Crippen LogP) is 3.05. The van der Waals surface area contributed by atoms with Crippen LogP contribution in [0, 0.1) is 35.0 Å². The van der Waals surface area contributed by atoms with Gasteiger partial charge >= 0.3 is 5.97 Å². The summed E-state index contributed by atoms with van der Waals surface area (Å²) in [5.41, 5.74) is -1.11. The monoisotopic (exact) mass is 280 g/mol. The Morgan fingerprint density at radius 2 is 1.42 bits per heavy atom. The average Bonchev–Trinajstić information content (AvgIpc) is 3.22. The molecule has 7 heteroatoms. The molecule has 104 valence electrons. The van der Waals surface area contributed by atoms with Crippen LogP contribution in [0.2, 0.25) is 0 Å². The standard InChI is InChI=1S/C12H9F5O2/c1-19-12(18)5(4-2-3-4)6-7(13)9(15)11(17)10(16)8(6)14/h4-5H,2-3H2,1H3. The molecular weight excluding hydrogens is 271 g/mol. The molecule has 1 atom stereocenters. The molecule has 1 aliphatic rings. The second-order valence-corrected chi connectivity index (χ2v) is 4.32. The van der Waals surface area contributed by atoms with E-state index in [9.17, 15) is 26.7 Å². The normalized spacial score (nSPS) is 16.3. The highest BCUT2D eigenvalue weighted by Gasteiger charge is 2.43. The summed E-state index contributed by atoms with van der Waals surface area (Å²) in [6.07, 6.45) is 0.943. The van der Waals surface area contributed by atoms with Crippen LogP contribution in [-0.2, 0) is 9.53 Å². The van der Waals surface area contributed by atoms with Crippen LogP contribution in [0.4, 0.5) is 22.0 Å². The van der Waals surface area contributed by atoms with E-state index >= 15 is 0 Å². The second-order valence-electron chi connectivity index (χ2n) is 4.32. The third-order valence-electron chi connectivity index (χ3n) is 3.10. The number of hydrogen-bond acceptors (Lipinski definition) is 2. The molecule has 1 aliphatic carbocycles. The summed E-state index contributed by atoms with van der Waals surface area (Å²) in [4.78, 5) is 11.5. The Bertz CT molecular complexity index is 510. The van der Waals surface area contributed by atoms with E-state index in [1.54, 1.807) is 0 Å². The van der Waals surface area contributed by atoms with Crippen LogP contribution in [0.15, 0.2) is 0 Å². The van der Waals surface area contributed by atoms with Crippen molar-refractivity contribution in [1.82, 2.24) is 0 Å². The SMILES string of the molecule is COC(=O)C(c1c(F)c(F)c(F)c(F)c1F)C1CC1. The number of methoxy groups -OCH3 is 1.